The third-order valence-electron chi connectivity index (χ3n) is 6.82. The van der Waals surface area contributed by atoms with E-state index in [1.807, 2.05) is 13.8 Å². The second-order valence-corrected chi connectivity index (χ2v) is 9.46. The van der Waals surface area contributed by atoms with Gasteiger partial charge in [0.25, 0.3) is 0 Å². The molecule has 5 nitrogen and oxygen atoms in total. The number of nitrogens with one attached hydrogen (secondary N) is 2. The van der Waals surface area contributed by atoms with Crippen molar-refractivity contribution in [2.75, 3.05) is 5.32 Å². The fourth-order valence-electron chi connectivity index (χ4n) is 4.74. The van der Waals surface area contributed by atoms with Gasteiger partial charge in [-0.3, -0.25) is 4.79 Å². The normalized spacial score (nSPS) is 17.2. The maximum Gasteiger partial charge on any atom is 0.416 e. The predicted molar refractivity (Wildman–Crippen MR) is 130 cm³/mol. The van der Waals surface area contributed by atoms with Crippen LogP contribution in [0.2, 0.25) is 0 Å². The first kappa shape index (κ1) is 26.8. The zero-order valence-electron chi connectivity index (χ0n) is 20.6. The van der Waals surface area contributed by atoms with Gasteiger partial charge in [-0.2, -0.15) is 13.2 Å². The molecule has 37 heavy (non-hydrogen) atoms. The summed E-state index contributed by atoms with van der Waals surface area (Å²) in [7, 11) is 0. The molecular formula is C27H29F5N4O. The highest BCUT2D eigenvalue weighted by Gasteiger charge is 2.30. The zero-order chi connectivity index (χ0) is 26.7. The molecule has 2 N–H and O–H groups in total. The quantitative estimate of drug-likeness (QED) is 0.356. The van der Waals surface area contributed by atoms with E-state index in [4.69, 9.17) is 0 Å². The molecule has 3 aromatic rings. The summed E-state index contributed by atoms with van der Waals surface area (Å²) in [5.74, 6) is -1.11. The molecule has 1 aliphatic rings. The Morgan fingerprint density at radius 3 is 2.59 bits per heavy atom. The molecule has 0 radical (unpaired) electrons. The van der Waals surface area contributed by atoms with Gasteiger partial charge in [-0.25, -0.2) is 13.8 Å². The lowest BCUT2D eigenvalue weighted by Crippen LogP contribution is -2.48. The van der Waals surface area contributed by atoms with Crippen LogP contribution in [0.3, 0.4) is 0 Å². The lowest BCUT2D eigenvalue weighted by molar-refractivity contribution is -0.137. The van der Waals surface area contributed by atoms with Gasteiger partial charge in [0.2, 0.25) is 5.91 Å². The van der Waals surface area contributed by atoms with Gasteiger partial charge in [0, 0.05) is 18.3 Å². The average molecular weight is 521 g/mol. The average Bonchev–Trinajstić information content (AvgIpc) is 3.31. The molecule has 10 heteroatoms. The minimum atomic E-state index is -4.40. The van der Waals surface area contributed by atoms with Gasteiger partial charge < -0.3 is 15.2 Å². The van der Waals surface area contributed by atoms with Crippen molar-refractivity contribution in [3.05, 3.63) is 82.8 Å². The van der Waals surface area contributed by atoms with Gasteiger partial charge >= 0.3 is 6.18 Å². The number of carbonyl (C=O) groups excluding carboxylic acids is 1. The van der Waals surface area contributed by atoms with E-state index in [-0.39, 0.29) is 18.0 Å². The van der Waals surface area contributed by atoms with Crippen LogP contribution in [0.1, 0.15) is 61.4 Å². The Labute approximate surface area is 212 Å². The highest BCUT2D eigenvalue weighted by molar-refractivity contribution is 5.94. The zero-order valence-corrected chi connectivity index (χ0v) is 20.6. The maximum atomic E-state index is 14.3. The lowest BCUT2D eigenvalue weighted by Gasteiger charge is -2.29. The van der Waals surface area contributed by atoms with E-state index in [1.165, 1.54) is 24.5 Å². The Morgan fingerprint density at radius 1 is 1.19 bits per heavy atom. The SMILES string of the molecule is CCC[C@H](NC1CCc2cc(F)cc(F)c2C1)C(=O)Nc1cn(C(C)c2ccc(C(F)(F)F)cc2)cn1. The van der Waals surface area contributed by atoms with Crippen molar-refractivity contribution in [1.82, 2.24) is 14.9 Å². The van der Waals surface area contributed by atoms with Gasteiger partial charge in [0.1, 0.15) is 11.6 Å². The number of halogens is 5. The molecular weight excluding hydrogens is 491 g/mol. The molecule has 0 saturated carbocycles. The standard InChI is InChI=1S/C27H29F5N4O/c1-3-4-24(34-21-10-7-18-11-20(28)12-23(29)22(18)13-21)26(37)35-25-14-36(15-33-25)16(2)17-5-8-19(9-6-17)27(30,31)32/h5-6,8-9,11-12,14-16,21,24,34H,3-4,7,10,13H2,1-2H3,(H,35,37)/t16?,21?,24-/m0/s1. The highest BCUT2D eigenvalue weighted by atomic mass is 19.4. The Hall–Kier alpha value is -3.27. The molecule has 1 aromatic heterocycles. The Morgan fingerprint density at radius 2 is 1.92 bits per heavy atom. The number of nitrogens with zero attached hydrogens (tertiary/aromatic N) is 2. The summed E-state index contributed by atoms with van der Waals surface area (Å²) in [6.07, 6.45) is 1.59. The Balaban J connectivity index is 1.40. The third-order valence-corrected chi connectivity index (χ3v) is 6.82. The number of alkyl halides is 3. The van der Waals surface area contributed by atoms with E-state index in [0.29, 0.717) is 48.2 Å². The molecule has 0 bridgehead atoms. The van der Waals surface area contributed by atoms with Crippen LogP contribution in [0, 0.1) is 11.6 Å². The number of amides is 1. The summed E-state index contributed by atoms with van der Waals surface area (Å²) in [6, 6.07) is 6.22. The van der Waals surface area contributed by atoms with Gasteiger partial charge in [0.15, 0.2) is 5.82 Å². The number of rotatable bonds is 8. The van der Waals surface area contributed by atoms with Crippen LogP contribution in [0.4, 0.5) is 27.8 Å². The first-order valence-corrected chi connectivity index (χ1v) is 12.3. The van der Waals surface area contributed by atoms with Crippen LogP contribution in [-0.4, -0.2) is 27.5 Å². The van der Waals surface area contributed by atoms with Crippen molar-refractivity contribution >= 4 is 11.7 Å². The predicted octanol–water partition coefficient (Wildman–Crippen LogP) is 6.04. The van der Waals surface area contributed by atoms with E-state index >= 15 is 0 Å². The lowest BCUT2D eigenvalue weighted by atomic mass is 9.87. The van der Waals surface area contributed by atoms with Crippen molar-refractivity contribution in [3.63, 3.8) is 0 Å². The number of benzene rings is 2. The number of aromatic nitrogens is 2. The smallest absolute Gasteiger partial charge is 0.328 e. The Kier molecular flexibility index (Phi) is 7.96. The number of hydrogen-bond acceptors (Lipinski definition) is 3. The topological polar surface area (TPSA) is 59.0 Å². The summed E-state index contributed by atoms with van der Waals surface area (Å²) >= 11 is 0. The van der Waals surface area contributed by atoms with E-state index < -0.39 is 29.4 Å². The van der Waals surface area contributed by atoms with Crippen LogP contribution in [0.15, 0.2) is 48.9 Å². The maximum absolute atomic E-state index is 14.3. The largest absolute Gasteiger partial charge is 0.416 e. The minimum absolute atomic E-state index is 0.132. The molecule has 4 rings (SSSR count). The van der Waals surface area contributed by atoms with Crippen LogP contribution >= 0.6 is 0 Å². The first-order chi connectivity index (χ1) is 17.5. The monoisotopic (exact) mass is 520 g/mol. The molecule has 0 saturated heterocycles. The molecule has 1 amide bonds. The van der Waals surface area contributed by atoms with Gasteiger partial charge in [-0.05, 0) is 67.5 Å². The number of aryl methyl sites for hydroxylation is 1. The van der Waals surface area contributed by atoms with Gasteiger partial charge in [-0.1, -0.05) is 25.5 Å². The number of carbonyl (C=O) groups is 1. The summed E-state index contributed by atoms with van der Waals surface area (Å²) in [4.78, 5) is 17.3. The van der Waals surface area contributed by atoms with E-state index in [0.717, 1.165) is 24.6 Å². The van der Waals surface area contributed by atoms with E-state index in [2.05, 4.69) is 15.6 Å². The highest BCUT2D eigenvalue weighted by Crippen LogP contribution is 2.31. The molecule has 1 aliphatic carbocycles. The van der Waals surface area contributed by atoms with Gasteiger partial charge in [-0.15, -0.1) is 0 Å². The molecule has 198 valence electrons. The molecule has 0 fully saturated rings. The van der Waals surface area contributed by atoms with Crippen LogP contribution < -0.4 is 10.6 Å². The summed E-state index contributed by atoms with van der Waals surface area (Å²) in [6.45, 7) is 3.78. The summed E-state index contributed by atoms with van der Waals surface area (Å²) in [5.41, 5.74) is 1.10. The Bertz CT molecular complexity index is 1240. The second-order valence-electron chi connectivity index (χ2n) is 9.46. The molecule has 2 unspecified atom stereocenters. The minimum Gasteiger partial charge on any atom is -0.328 e. The molecule has 0 aliphatic heterocycles. The number of hydrogen-bond donors (Lipinski definition) is 2. The number of imidazole rings is 1. The third kappa shape index (κ3) is 6.36. The molecule has 2 aromatic carbocycles. The van der Waals surface area contributed by atoms with E-state index in [9.17, 15) is 26.7 Å². The summed E-state index contributed by atoms with van der Waals surface area (Å²) in [5, 5.41) is 6.14. The van der Waals surface area contributed by atoms with Crippen LogP contribution in [-0.2, 0) is 23.8 Å². The molecule has 0 spiro atoms. The second kappa shape index (κ2) is 11.0. The van der Waals surface area contributed by atoms with Crippen molar-refractivity contribution < 1.29 is 26.7 Å². The van der Waals surface area contributed by atoms with Crippen molar-refractivity contribution in [2.24, 2.45) is 0 Å². The van der Waals surface area contributed by atoms with Crippen LogP contribution in [0.25, 0.3) is 0 Å². The van der Waals surface area contributed by atoms with E-state index in [1.54, 1.807) is 10.8 Å². The summed E-state index contributed by atoms with van der Waals surface area (Å²) < 4.78 is 68.1. The van der Waals surface area contributed by atoms with Gasteiger partial charge in [0.05, 0.1) is 24.0 Å². The van der Waals surface area contributed by atoms with Crippen molar-refractivity contribution in [1.29, 1.82) is 0 Å². The number of fused-ring (bicyclic) bond motifs is 1. The fraction of sp³-hybridized carbons (Fsp3) is 0.407. The molecule has 1 heterocycles. The van der Waals surface area contributed by atoms with Crippen LogP contribution in [0.5, 0.6) is 0 Å². The number of anilines is 1. The van der Waals surface area contributed by atoms with Crippen molar-refractivity contribution in [3.8, 4) is 0 Å². The molecule has 3 atom stereocenters. The van der Waals surface area contributed by atoms with Crippen molar-refractivity contribution in [2.45, 2.75) is 70.3 Å². The first-order valence-electron chi connectivity index (χ1n) is 12.3. The fourth-order valence-corrected chi connectivity index (χ4v) is 4.74.